The van der Waals surface area contributed by atoms with E-state index < -0.39 is 11.6 Å². The summed E-state index contributed by atoms with van der Waals surface area (Å²) in [5.74, 6) is -0.310. The molecule has 0 amide bonds. The molecule has 1 aromatic rings. The number of nitrogens with zero attached hydrogens (tertiary/aromatic N) is 1. The second-order valence-electron chi connectivity index (χ2n) is 5.33. The van der Waals surface area contributed by atoms with Gasteiger partial charge >= 0.3 is 0 Å². The fraction of sp³-hybridized carbons (Fsp3) is 0.600. The van der Waals surface area contributed by atoms with Crippen molar-refractivity contribution in [1.29, 1.82) is 0 Å². The van der Waals surface area contributed by atoms with Crippen LogP contribution in [-0.2, 0) is 0 Å². The van der Waals surface area contributed by atoms with Crippen molar-refractivity contribution in [3.05, 3.63) is 35.4 Å². The van der Waals surface area contributed by atoms with Crippen LogP contribution in [-0.4, -0.2) is 24.5 Å². The van der Waals surface area contributed by atoms with E-state index in [1.54, 1.807) is 0 Å². The molecule has 0 heterocycles. The van der Waals surface area contributed by atoms with Gasteiger partial charge in [-0.2, -0.15) is 0 Å². The van der Waals surface area contributed by atoms with Crippen molar-refractivity contribution < 1.29 is 8.78 Å². The van der Waals surface area contributed by atoms with Crippen molar-refractivity contribution in [3.8, 4) is 0 Å². The van der Waals surface area contributed by atoms with Gasteiger partial charge in [-0.3, -0.25) is 4.90 Å². The highest BCUT2D eigenvalue weighted by Gasteiger charge is 2.30. The number of hydrogen-bond acceptors (Lipinski definition) is 2. The Kier molecular flexibility index (Phi) is 4.88. The predicted octanol–water partition coefficient (Wildman–Crippen LogP) is 3.09. The molecule has 1 fully saturated rings. The molecule has 1 aliphatic carbocycles. The summed E-state index contributed by atoms with van der Waals surface area (Å²) in [5.41, 5.74) is 5.92. The number of nitrogens with two attached hydrogens (primary N) is 1. The zero-order valence-corrected chi connectivity index (χ0v) is 11.4. The molecule has 2 N–H and O–H groups in total. The third-order valence-electron chi connectivity index (χ3n) is 3.70. The van der Waals surface area contributed by atoms with E-state index in [9.17, 15) is 8.78 Å². The first kappa shape index (κ1) is 14.4. The van der Waals surface area contributed by atoms with Gasteiger partial charge < -0.3 is 5.73 Å². The Bertz CT molecular complexity index is 398. The molecule has 0 bridgehead atoms. The minimum Gasteiger partial charge on any atom is -0.329 e. The summed E-state index contributed by atoms with van der Waals surface area (Å²) < 4.78 is 27.8. The molecule has 2 nitrogen and oxygen atoms in total. The van der Waals surface area contributed by atoms with Gasteiger partial charge in [0, 0.05) is 18.7 Å². The lowest BCUT2D eigenvalue weighted by Gasteiger charge is -2.31. The molecule has 0 aliphatic heterocycles. The first-order valence-corrected chi connectivity index (χ1v) is 7.05. The first-order valence-electron chi connectivity index (χ1n) is 7.05. The van der Waals surface area contributed by atoms with Gasteiger partial charge in [-0.1, -0.05) is 13.0 Å². The Hall–Kier alpha value is -1.00. The second-order valence-corrected chi connectivity index (χ2v) is 5.33. The standard InChI is InChI=1S/C15H22F2N2/c1-2-8-19(10-11-6-7-11)14(9-18)15-12(16)4-3-5-13(15)17/h3-5,11,14H,2,6-10,18H2,1H3. The van der Waals surface area contributed by atoms with Gasteiger partial charge in [-0.05, 0) is 43.9 Å². The Morgan fingerprint density at radius 2 is 1.95 bits per heavy atom. The molecule has 0 spiro atoms. The van der Waals surface area contributed by atoms with E-state index in [1.807, 2.05) is 0 Å². The van der Waals surface area contributed by atoms with Crippen LogP contribution in [0.5, 0.6) is 0 Å². The Morgan fingerprint density at radius 3 is 2.42 bits per heavy atom. The van der Waals surface area contributed by atoms with E-state index >= 15 is 0 Å². The largest absolute Gasteiger partial charge is 0.329 e. The first-order chi connectivity index (χ1) is 9.17. The highest BCUT2D eigenvalue weighted by molar-refractivity contribution is 5.24. The molecule has 0 radical (unpaired) electrons. The van der Waals surface area contributed by atoms with Gasteiger partial charge in [0.2, 0.25) is 0 Å². The van der Waals surface area contributed by atoms with Crippen LogP contribution in [0, 0.1) is 17.6 Å². The molecule has 1 saturated carbocycles. The quantitative estimate of drug-likeness (QED) is 0.823. The molecular formula is C15H22F2N2. The van der Waals surface area contributed by atoms with Crippen LogP contribution in [0.3, 0.4) is 0 Å². The normalized spacial score (nSPS) is 16.9. The van der Waals surface area contributed by atoms with Crippen LogP contribution in [0.15, 0.2) is 18.2 Å². The Morgan fingerprint density at radius 1 is 1.32 bits per heavy atom. The zero-order valence-electron chi connectivity index (χ0n) is 11.4. The van der Waals surface area contributed by atoms with Gasteiger partial charge in [0.05, 0.1) is 6.04 Å². The number of benzene rings is 1. The third kappa shape index (κ3) is 3.51. The highest BCUT2D eigenvalue weighted by Crippen LogP contribution is 2.33. The Labute approximate surface area is 113 Å². The fourth-order valence-corrected chi connectivity index (χ4v) is 2.57. The predicted molar refractivity (Wildman–Crippen MR) is 72.7 cm³/mol. The van der Waals surface area contributed by atoms with E-state index in [0.717, 1.165) is 19.5 Å². The SMILES string of the molecule is CCCN(CC1CC1)C(CN)c1c(F)cccc1F. The molecule has 2 rings (SSSR count). The monoisotopic (exact) mass is 268 g/mol. The average molecular weight is 268 g/mol. The third-order valence-corrected chi connectivity index (χ3v) is 3.70. The van der Waals surface area contributed by atoms with E-state index in [2.05, 4.69) is 11.8 Å². The summed E-state index contributed by atoms with van der Waals surface area (Å²) in [5, 5.41) is 0. The topological polar surface area (TPSA) is 29.3 Å². The summed E-state index contributed by atoms with van der Waals surface area (Å²) in [6, 6.07) is 3.65. The maximum Gasteiger partial charge on any atom is 0.130 e. The molecule has 1 aromatic carbocycles. The van der Waals surface area contributed by atoms with E-state index in [-0.39, 0.29) is 18.2 Å². The van der Waals surface area contributed by atoms with Crippen LogP contribution in [0.2, 0.25) is 0 Å². The van der Waals surface area contributed by atoms with Crippen LogP contribution in [0.25, 0.3) is 0 Å². The van der Waals surface area contributed by atoms with Gasteiger partial charge in [-0.15, -0.1) is 0 Å². The van der Waals surface area contributed by atoms with Crippen LogP contribution in [0.1, 0.15) is 37.8 Å². The van der Waals surface area contributed by atoms with E-state index in [1.165, 1.54) is 31.0 Å². The molecule has 1 atom stereocenters. The smallest absolute Gasteiger partial charge is 0.130 e. The molecule has 4 heteroatoms. The maximum absolute atomic E-state index is 13.9. The lowest BCUT2D eigenvalue weighted by Crippen LogP contribution is -2.37. The highest BCUT2D eigenvalue weighted by atomic mass is 19.1. The van der Waals surface area contributed by atoms with Gasteiger partial charge in [-0.25, -0.2) is 8.78 Å². The van der Waals surface area contributed by atoms with Crippen molar-refractivity contribution in [2.24, 2.45) is 11.7 Å². The summed E-state index contributed by atoms with van der Waals surface area (Å²) in [6.07, 6.45) is 3.40. The minimum absolute atomic E-state index is 0.124. The van der Waals surface area contributed by atoms with Gasteiger partial charge in [0.15, 0.2) is 0 Å². The van der Waals surface area contributed by atoms with Gasteiger partial charge in [0.1, 0.15) is 11.6 Å². The number of rotatable bonds is 7. The van der Waals surface area contributed by atoms with Crippen molar-refractivity contribution in [2.45, 2.75) is 32.2 Å². The molecule has 19 heavy (non-hydrogen) atoms. The van der Waals surface area contributed by atoms with Gasteiger partial charge in [0.25, 0.3) is 0 Å². The van der Waals surface area contributed by atoms with Crippen molar-refractivity contribution in [1.82, 2.24) is 4.90 Å². The van der Waals surface area contributed by atoms with Crippen molar-refractivity contribution in [2.75, 3.05) is 19.6 Å². The second kappa shape index (κ2) is 6.44. The summed E-state index contributed by atoms with van der Waals surface area (Å²) in [4.78, 5) is 2.14. The number of halogens is 2. The molecule has 1 unspecified atom stereocenters. The lowest BCUT2D eigenvalue weighted by atomic mass is 10.0. The van der Waals surface area contributed by atoms with E-state index in [0.29, 0.717) is 5.92 Å². The van der Waals surface area contributed by atoms with Crippen LogP contribution >= 0.6 is 0 Å². The summed E-state index contributed by atoms with van der Waals surface area (Å²) in [6.45, 7) is 4.03. The summed E-state index contributed by atoms with van der Waals surface area (Å²) >= 11 is 0. The minimum atomic E-state index is -0.493. The van der Waals surface area contributed by atoms with Crippen LogP contribution < -0.4 is 5.73 Å². The molecule has 0 saturated heterocycles. The maximum atomic E-state index is 13.9. The lowest BCUT2D eigenvalue weighted by molar-refractivity contribution is 0.185. The molecule has 0 aromatic heterocycles. The fourth-order valence-electron chi connectivity index (χ4n) is 2.57. The molecule has 106 valence electrons. The number of hydrogen-bond donors (Lipinski definition) is 1. The summed E-state index contributed by atoms with van der Waals surface area (Å²) in [7, 11) is 0. The average Bonchev–Trinajstić information content (AvgIpc) is 3.17. The van der Waals surface area contributed by atoms with Crippen molar-refractivity contribution >= 4 is 0 Å². The Balaban J connectivity index is 2.24. The van der Waals surface area contributed by atoms with Crippen LogP contribution in [0.4, 0.5) is 8.78 Å². The molecular weight excluding hydrogens is 246 g/mol. The van der Waals surface area contributed by atoms with E-state index in [4.69, 9.17) is 5.73 Å². The zero-order chi connectivity index (χ0) is 13.8. The molecule has 1 aliphatic rings. The van der Waals surface area contributed by atoms with Crippen molar-refractivity contribution in [3.63, 3.8) is 0 Å².